The largest absolute Gasteiger partial charge is 0.497 e. The molecule has 5 rings (SSSR count). The summed E-state index contributed by atoms with van der Waals surface area (Å²) in [6.07, 6.45) is 5.26. The summed E-state index contributed by atoms with van der Waals surface area (Å²) >= 11 is 0. The van der Waals surface area contributed by atoms with E-state index < -0.39 is 12.1 Å². The highest BCUT2D eigenvalue weighted by atomic mass is 16.5. The van der Waals surface area contributed by atoms with Gasteiger partial charge in [-0.05, 0) is 68.7 Å². The van der Waals surface area contributed by atoms with Gasteiger partial charge in [0.2, 0.25) is 5.91 Å². The quantitative estimate of drug-likeness (QED) is 0.327. The first kappa shape index (κ1) is 26.4. The number of rotatable bonds is 8. The van der Waals surface area contributed by atoms with Crippen molar-refractivity contribution in [3.63, 3.8) is 0 Å². The number of benzene rings is 3. The summed E-state index contributed by atoms with van der Waals surface area (Å²) in [7, 11) is 1.61. The Bertz CT molecular complexity index is 1420. The number of aromatic nitrogens is 3. The van der Waals surface area contributed by atoms with Gasteiger partial charge >= 0.3 is 0 Å². The lowest BCUT2D eigenvalue weighted by atomic mass is 9.94. The van der Waals surface area contributed by atoms with E-state index in [4.69, 9.17) is 4.74 Å². The van der Waals surface area contributed by atoms with Gasteiger partial charge in [0.25, 0.3) is 5.91 Å². The summed E-state index contributed by atoms with van der Waals surface area (Å²) < 4.78 is 6.99. The van der Waals surface area contributed by atoms with Gasteiger partial charge in [-0.25, -0.2) is 4.68 Å². The SMILES string of the molecule is COc1ccc([C@H](C(=O)NC2CCCCC2)N(C(=O)[C@@H](C)n2nnc3ccccc32)c2ccc(C)cc2)cc1. The van der Waals surface area contributed by atoms with Crippen molar-refractivity contribution in [1.82, 2.24) is 20.3 Å². The van der Waals surface area contributed by atoms with Crippen LogP contribution in [-0.2, 0) is 9.59 Å². The van der Waals surface area contributed by atoms with E-state index in [2.05, 4.69) is 15.6 Å². The molecule has 202 valence electrons. The molecule has 1 heterocycles. The van der Waals surface area contributed by atoms with Gasteiger partial charge in [0.15, 0.2) is 0 Å². The summed E-state index contributed by atoms with van der Waals surface area (Å²) in [5.74, 6) is 0.228. The van der Waals surface area contributed by atoms with Gasteiger partial charge in [0, 0.05) is 11.7 Å². The molecule has 0 spiro atoms. The number of hydrogen-bond donors (Lipinski definition) is 1. The van der Waals surface area contributed by atoms with E-state index in [1.165, 1.54) is 6.42 Å². The molecule has 0 bridgehead atoms. The molecule has 1 saturated carbocycles. The van der Waals surface area contributed by atoms with E-state index in [1.54, 1.807) is 23.6 Å². The van der Waals surface area contributed by atoms with E-state index in [-0.39, 0.29) is 17.9 Å². The van der Waals surface area contributed by atoms with Crippen molar-refractivity contribution in [3.05, 3.63) is 83.9 Å². The number of aryl methyl sites for hydroxylation is 1. The van der Waals surface area contributed by atoms with Crippen molar-refractivity contribution in [1.29, 1.82) is 0 Å². The van der Waals surface area contributed by atoms with Gasteiger partial charge < -0.3 is 10.1 Å². The number of carbonyl (C=O) groups excluding carboxylic acids is 2. The molecule has 1 fully saturated rings. The van der Waals surface area contributed by atoms with Crippen molar-refractivity contribution < 1.29 is 14.3 Å². The molecule has 1 aliphatic rings. The molecule has 3 aromatic carbocycles. The fraction of sp³-hybridized carbons (Fsp3) is 0.355. The first-order valence-corrected chi connectivity index (χ1v) is 13.6. The number of amides is 2. The zero-order valence-electron chi connectivity index (χ0n) is 22.7. The summed E-state index contributed by atoms with van der Waals surface area (Å²) in [5, 5.41) is 11.8. The van der Waals surface area contributed by atoms with Crippen LogP contribution >= 0.6 is 0 Å². The van der Waals surface area contributed by atoms with Crippen LogP contribution in [0.1, 0.15) is 62.2 Å². The number of fused-ring (bicyclic) bond motifs is 1. The number of hydrogen-bond acceptors (Lipinski definition) is 5. The third kappa shape index (κ3) is 5.65. The monoisotopic (exact) mass is 525 g/mol. The molecule has 0 aliphatic heterocycles. The maximum atomic E-state index is 14.4. The molecular formula is C31H35N5O3. The Hall–Kier alpha value is -4.20. The highest BCUT2D eigenvalue weighted by Gasteiger charge is 2.37. The minimum atomic E-state index is -0.884. The molecular weight excluding hydrogens is 490 g/mol. The molecule has 1 aliphatic carbocycles. The maximum absolute atomic E-state index is 14.4. The predicted molar refractivity (Wildman–Crippen MR) is 152 cm³/mol. The molecule has 8 nitrogen and oxygen atoms in total. The highest BCUT2D eigenvalue weighted by molar-refractivity contribution is 6.03. The standard InChI is InChI=1S/C31H35N5O3/c1-21-13-17-25(18-14-21)35(31(38)22(2)36-28-12-8-7-11-27(28)33-34-36)29(23-15-19-26(39-3)20-16-23)30(37)32-24-9-5-4-6-10-24/h7-8,11-20,22,24,29H,4-6,9-10H2,1-3H3,(H,32,37)/t22-,29-/m1/s1. The molecule has 4 aromatic rings. The van der Waals surface area contributed by atoms with E-state index in [0.29, 0.717) is 22.5 Å². The van der Waals surface area contributed by atoms with Crippen LogP contribution < -0.4 is 15.0 Å². The number of anilines is 1. The van der Waals surface area contributed by atoms with Crippen LogP contribution in [-0.4, -0.2) is 40.0 Å². The van der Waals surface area contributed by atoms with Crippen LogP contribution in [0.25, 0.3) is 11.0 Å². The fourth-order valence-corrected chi connectivity index (χ4v) is 5.32. The second-order valence-electron chi connectivity index (χ2n) is 10.3. The van der Waals surface area contributed by atoms with Gasteiger partial charge in [0.05, 0.1) is 12.6 Å². The molecule has 39 heavy (non-hydrogen) atoms. The van der Waals surface area contributed by atoms with Crippen molar-refractivity contribution >= 4 is 28.5 Å². The molecule has 2 atom stereocenters. The van der Waals surface area contributed by atoms with Crippen LogP contribution in [0.15, 0.2) is 72.8 Å². The summed E-state index contributed by atoms with van der Waals surface area (Å²) in [5.41, 5.74) is 3.87. The Morgan fingerprint density at radius 2 is 1.67 bits per heavy atom. The number of para-hydroxylation sites is 1. The topological polar surface area (TPSA) is 89.4 Å². The summed E-state index contributed by atoms with van der Waals surface area (Å²) in [6, 6.07) is 21.1. The Balaban J connectivity index is 1.59. The Labute approximate surface area is 229 Å². The number of ether oxygens (including phenoxy) is 1. The van der Waals surface area contributed by atoms with Crippen molar-refractivity contribution in [2.24, 2.45) is 0 Å². The lowest BCUT2D eigenvalue weighted by Crippen LogP contribution is -2.48. The molecule has 0 saturated heterocycles. The van der Waals surface area contributed by atoms with E-state index in [0.717, 1.165) is 36.8 Å². The summed E-state index contributed by atoms with van der Waals surface area (Å²) in [6.45, 7) is 3.80. The lowest BCUT2D eigenvalue weighted by Gasteiger charge is -2.35. The van der Waals surface area contributed by atoms with E-state index in [9.17, 15) is 9.59 Å². The lowest BCUT2D eigenvalue weighted by molar-refractivity contribution is -0.128. The minimum absolute atomic E-state index is 0.0960. The number of carbonyl (C=O) groups is 2. The van der Waals surface area contributed by atoms with Crippen LogP contribution in [0.4, 0.5) is 5.69 Å². The second kappa shape index (κ2) is 11.7. The van der Waals surface area contributed by atoms with Crippen LogP contribution in [0, 0.1) is 6.92 Å². The average Bonchev–Trinajstić information content (AvgIpc) is 3.40. The molecule has 8 heteroatoms. The van der Waals surface area contributed by atoms with Gasteiger partial charge in [-0.15, -0.1) is 5.10 Å². The molecule has 0 unspecified atom stereocenters. The van der Waals surface area contributed by atoms with Crippen LogP contribution in [0.2, 0.25) is 0 Å². The summed E-state index contributed by atoms with van der Waals surface area (Å²) in [4.78, 5) is 30.2. The van der Waals surface area contributed by atoms with E-state index in [1.807, 2.05) is 79.7 Å². The molecule has 1 N–H and O–H groups in total. The Kier molecular flexibility index (Phi) is 7.91. The zero-order valence-corrected chi connectivity index (χ0v) is 22.7. The Morgan fingerprint density at radius 1 is 0.974 bits per heavy atom. The maximum Gasteiger partial charge on any atom is 0.252 e. The van der Waals surface area contributed by atoms with Crippen LogP contribution in [0.3, 0.4) is 0 Å². The minimum Gasteiger partial charge on any atom is -0.497 e. The van der Waals surface area contributed by atoms with Crippen molar-refractivity contribution in [2.45, 2.75) is 64.1 Å². The highest BCUT2D eigenvalue weighted by Crippen LogP contribution is 2.33. The third-order valence-electron chi connectivity index (χ3n) is 7.54. The van der Waals surface area contributed by atoms with Gasteiger partial charge in [-0.1, -0.05) is 66.4 Å². The zero-order chi connectivity index (χ0) is 27.4. The van der Waals surface area contributed by atoms with E-state index >= 15 is 0 Å². The second-order valence-corrected chi connectivity index (χ2v) is 10.3. The number of nitrogens with one attached hydrogen (secondary N) is 1. The fourth-order valence-electron chi connectivity index (χ4n) is 5.32. The Morgan fingerprint density at radius 3 is 2.36 bits per heavy atom. The predicted octanol–water partition coefficient (Wildman–Crippen LogP) is 5.53. The van der Waals surface area contributed by atoms with Gasteiger partial charge in [-0.2, -0.15) is 0 Å². The van der Waals surface area contributed by atoms with Crippen LogP contribution in [0.5, 0.6) is 5.75 Å². The first-order chi connectivity index (χ1) is 19.0. The normalized spacial score (nSPS) is 15.5. The molecule has 0 radical (unpaired) electrons. The van der Waals surface area contributed by atoms with Crippen molar-refractivity contribution in [2.75, 3.05) is 12.0 Å². The van der Waals surface area contributed by atoms with Gasteiger partial charge in [-0.3, -0.25) is 14.5 Å². The number of nitrogens with zero attached hydrogens (tertiary/aromatic N) is 4. The molecule has 2 amide bonds. The smallest absolute Gasteiger partial charge is 0.252 e. The number of methoxy groups -OCH3 is 1. The third-order valence-corrected chi connectivity index (χ3v) is 7.54. The van der Waals surface area contributed by atoms with Gasteiger partial charge in [0.1, 0.15) is 23.3 Å². The first-order valence-electron chi connectivity index (χ1n) is 13.6. The van der Waals surface area contributed by atoms with Crippen molar-refractivity contribution in [3.8, 4) is 5.75 Å². The molecule has 1 aromatic heterocycles. The average molecular weight is 526 g/mol.